The molecular formula is C38H49N3O6SSi. The molecule has 0 unspecified atom stereocenters. The quantitative estimate of drug-likeness (QED) is 0.157. The third-order valence-electron chi connectivity index (χ3n) is 11.0. The van der Waals surface area contributed by atoms with Crippen LogP contribution >= 0.6 is 0 Å². The van der Waals surface area contributed by atoms with Gasteiger partial charge in [0, 0.05) is 20.1 Å². The van der Waals surface area contributed by atoms with Crippen molar-refractivity contribution in [3.8, 4) is 5.75 Å². The van der Waals surface area contributed by atoms with Crippen LogP contribution in [0.1, 0.15) is 65.5 Å². The molecule has 0 aromatic heterocycles. The molecular weight excluding hydrogens is 655 g/mol. The Morgan fingerprint density at radius 3 is 2.08 bits per heavy atom. The summed E-state index contributed by atoms with van der Waals surface area (Å²) in [5, 5.41) is 0. The van der Waals surface area contributed by atoms with Crippen molar-refractivity contribution in [1.29, 1.82) is 0 Å². The molecule has 9 nitrogen and oxygen atoms in total. The highest BCUT2D eigenvalue weighted by Gasteiger charge is 2.67. The molecule has 3 aromatic rings. The Morgan fingerprint density at radius 1 is 0.837 bits per heavy atom. The van der Waals surface area contributed by atoms with Gasteiger partial charge in [-0.05, 0) is 64.5 Å². The number of piperazine rings is 1. The summed E-state index contributed by atoms with van der Waals surface area (Å²) in [7, 11) is -4.45. The van der Waals surface area contributed by atoms with E-state index in [4.69, 9.17) is 9.16 Å². The minimum atomic E-state index is -4.13. The number of likely N-dealkylation sites (N-methyl/N-ethyl adjacent to an activating group) is 1. The standard InChI is InChI=1S/C38H49N3O6SSi/c1-26(2)49(27(3)4,28(5)6)47-23-13-22-46-30-20-18-29(19-21-30)38-24-34-36(43)39(7)25-35(42)40(34)37(38)41(33-17-12-11-16-32(33)38)48(44,45)31-14-9-8-10-15-31/h8-12,14-21,26-28,34,37H,13,22-25H2,1-7H3/t34-,37-,38-/m0/s1. The van der Waals surface area contributed by atoms with E-state index in [0.29, 0.717) is 41.3 Å². The number of carbonyl (C=O) groups is 2. The lowest BCUT2D eigenvalue weighted by atomic mass is 9.72. The lowest BCUT2D eigenvalue weighted by Crippen LogP contribution is -2.62. The zero-order valence-corrected chi connectivity index (χ0v) is 31.4. The van der Waals surface area contributed by atoms with Crippen molar-refractivity contribution in [3.05, 3.63) is 90.0 Å². The second-order valence-electron chi connectivity index (χ2n) is 14.6. The first kappa shape index (κ1) is 35.2. The van der Waals surface area contributed by atoms with Gasteiger partial charge in [0.05, 0.1) is 29.1 Å². The van der Waals surface area contributed by atoms with Crippen LogP contribution in [0.4, 0.5) is 5.69 Å². The predicted molar refractivity (Wildman–Crippen MR) is 194 cm³/mol. The highest BCUT2D eigenvalue weighted by molar-refractivity contribution is 7.92. The minimum absolute atomic E-state index is 0.108. The van der Waals surface area contributed by atoms with Crippen LogP contribution in [0.25, 0.3) is 0 Å². The van der Waals surface area contributed by atoms with Crippen molar-refractivity contribution in [2.24, 2.45) is 0 Å². The highest BCUT2D eigenvalue weighted by Crippen LogP contribution is 2.59. The maximum absolute atomic E-state index is 14.5. The first-order valence-electron chi connectivity index (χ1n) is 17.4. The summed E-state index contributed by atoms with van der Waals surface area (Å²) in [4.78, 5) is 30.5. The molecule has 0 saturated carbocycles. The number of hydrogen-bond acceptors (Lipinski definition) is 6. The van der Waals surface area contributed by atoms with E-state index in [-0.39, 0.29) is 29.7 Å². The second-order valence-corrected chi connectivity index (χ2v) is 21.9. The third kappa shape index (κ3) is 5.58. The monoisotopic (exact) mass is 703 g/mol. The van der Waals surface area contributed by atoms with Crippen LogP contribution in [0.5, 0.6) is 5.75 Å². The summed E-state index contributed by atoms with van der Waals surface area (Å²) < 4.78 is 43.3. The number of anilines is 1. The zero-order chi connectivity index (χ0) is 35.3. The molecule has 0 aliphatic carbocycles. The van der Waals surface area contributed by atoms with Gasteiger partial charge < -0.3 is 19.0 Å². The van der Waals surface area contributed by atoms with Crippen molar-refractivity contribution >= 4 is 35.8 Å². The van der Waals surface area contributed by atoms with E-state index < -0.39 is 36.0 Å². The number of rotatable bonds is 12. The van der Waals surface area contributed by atoms with E-state index in [2.05, 4.69) is 41.5 Å². The first-order chi connectivity index (χ1) is 23.3. The van der Waals surface area contributed by atoms with Gasteiger partial charge in [-0.3, -0.25) is 9.59 Å². The Balaban J connectivity index is 1.32. The summed E-state index contributed by atoms with van der Waals surface area (Å²) >= 11 is 0. The fourth-order valence-electron chi connectivity index (χ4n) is 9.02. The molecule has 3 heterocycles. The van der Waals surface area contributed by atoms with E-state index in [9.17, 15) is 18.0 Å². The molecule has 0 spiro atoms. The molecule has 0 radical (unpaired) electrons. The number of hydrogen-bond donors (Lipinski definition) is 0. The van der Waals surface area contributed by atoms with Gasteiger partial charge >= 0.3 is 0 Å². The number of benzene rings is 3. The van der Waals surface area contributed by atoms with Crippen LogP contribution in [0.3, 0.4) is 0 Å². The average molecular weight is 704 g/mol. The number of nitrogens with zero attached hydrogens (tertiary/aromatic N) is 3. The van der Waals surface area contributed by atoms with Crippen LogP contribution < -0.4 is 9.04 Å². The predicted octanol–water partition coefficient (Wildman–Crippen LogP) is 6.54. The van der Waals surface area contributed by atoms with Crippen LogP contribution in [0.15, 0.2) is 83.8 Å². The van der Waals surface area contributed by atoms with Gasteiger partial charge in [-0.1, -0.05) is 90.1 Å². The molecule has 3 aliphatic rings. The van der Waals surface area contributed by atoms with Crippen LogP contribution in [-0.4, -0.2) is 77.4 Å². The Hall–Kier alpha value is -3.67. The average Bonchev–Trinajstić information content (AvgIpc) is 3.57. The summed E-state index contributed by atoms with van der Waals surface area (Å²) in [6.07, 6.45) is 0.0687. The smallest absolute Gasteiger partial charge is 0.266 e. The van der Waals surface area contributed by atoms with Gasteiger partial charge in [0.25, 0.3) is 10.0 Å². The molecule has 2 fully saturated rings. The number of para-hydroxylation sites is 1. The number of sulfonamides is 1. The van der Waals surface area contributed by atoms with Crippen molar-refractivity contribution in [3.63, 3.8) is 0 Å². The minimum Gasteiger partial charge on any atom is -0.494 e. The van der Waals surface area contributed by atoms with Gasteiger partial charge in [-0.2, -0.15) is 0 Å². The fourth-order valence-corrected chi connectivity index (χ4v) is 16.2. The number of carbonyl (C=O) groups excluding carboxylic acids is 2. The largest absolute Gasteiger partial charge is 0.494 e. The van der Waals surface area contributed by atoms with Gasteiger partial charge in [0.1, 0.15) is 18.0 Å². The molecule has 3 aliphatic heterocycles. The molecule has 49 heavy (non-hydrogen) atoms. The molecule has 2 amide bonds. The summed E-state index contributed by atoms with van der Waals surface area (Å²) in [5.74, 6) is 0.228. The van der Waals surface area contributed by atoms with Crippen LogP contribution in [0, 0.1) is 0 Å². The zero-order valence-electron chi connectivity index (χ0n) is 29.6. The summed E-state index contributed by atoms with van der Waals surface area (Å²) in [6, 6.07) is 22.6. The molecule has 6 rings (SSSR count). The second kappa shape index (κ2) is 13.2. The van der Waals surface area contributed by atoms with E-state index >= 15 is 0 Å². The van der Waals surface area contributed by atoms with Crippen molar-refractivity contribution in [1.82, 2.24) is 9.80 Å². The van der Waals surface area contributed by atoms with Gasteiger partial charge in [-0.25, -0.2) is 12.7 Å². The van der Waals surface area contributed by atoms with E-state index in [1.807, 2.05) is 42.5 Å². The molecule has 262 valence electrons. The van der Waals surface area contributed by atoms with E-state index in [0.717, 1.165) is 17.5 Å². The maximum Gasteiger partial charge on any atom is 0.266 e. The van der Waals surface area contributed by atoms with Gasteiger partial charge in [0.15, 0.2) is 8.32 Å². The molecule has 0 N–H and O–H groups in total. The van der Waals surface area contributed by atoms with Gasteiger partial charge in [-0.15, -0.1) is 0 Å². The van der Waals surface area contributed by atoms with E-state index in [1.165, 1.54) is 14.1 Å². The topological polar surface area (TPSA) is 96.5 Å². The Labute approximate surface area is 292 Å². The Bertz CT molecular complexity index is 1780. The first-order valence-corrected chi connectivity index (χ1v) is 21.0. The molecule has 3 aromatic carbocycles. The molecule has 11 heteroatoms. The van der Waals surface area contributed by atoms with Crippen LogP contribution in [-0.2, 0) is 29.5 Å². The number of ether oxygens (including phenoxy) is 1. The number of fused-ring (bicyclic) bond motifs is 5. The number of amides is 2. The molecule has 3 atom stereocenters. The highest BCUT2D eigenvalue weighted by atomic mass is 32.2. The molecule has 0 bridgehead atoms. The van der Waals surface area contributed by atoms with Crippen molar-refractivity contribution in [2.45, 2.75) is 93.5 Å². The maximum atomic E-state index is 14.5. The molecule has 2 saturated heterocycles. The summed E-state index contributed by atoms with van der Waals surface area (Å²) in [6.45, 7) is 14.8. The van der Waals surface area contributed by atoms with Crippen molar-refractivity contribution in [2.75, 3.05) is 31.1 Å². The third-order valence-corrected chi connectivity index (χ3v) is 18.9. The van der Waals surface area contributed by atoms with Crippen LogP contribution in [0.2, 0.25) is 16.6 Å². The van der Waals surface area contributed by atoms with Gasteiger partial charge in [0.2, 0.25) is 11.8 Å². The normalized spacial score (nSPS) is 22.3. The lowest BCUT2D eigenvalue weighted by Gasteiger charge is -2.42. The van der Waals surface area contributed by atoms with E-state index in [1.54, 1.807) is 43.4 Å². The van der Waals surface area contributed by atoms with Crippen molar-refractivity contribution < 1.29 is 27.2 Å². The fraction of sp³-hybridized carbons (Fsp3) is 0.474. The SMILES string of the molecule is CC(C)[Si](OCCCOc1ccc([C@]23C[C@H]4C(=O)N(C)CC(=O)N4[C@H]2N(S(=O)(=O)c2ccccc2)c2ccccc23)cc1)(C(C)C)C(C)C. The Kier molecular flexibility index (Phi) is 9.49. The summed E-state index contributed by atoms with van der Waals surface area (Å²) in [5.41, 5.74) is 2.69. The Morgan fingerprint density at radius 2 is 1.45 bits per heavy atom. The lowest BCUT2D eigenvalue weighted by molar-refractivity contribution is -0.153.